The highest BCUT2D eigenvalue weighted by Gasteiger charge is 2.41. The molecule has 0 bridgehead atoms. The number of likely N-dealkylation sites (N-methyl/N-ethyl adjacent to an activating group) is 1. The summed E-state index contributed by atoms with van der Waals surface area (Å²) in [5, 5.41) is 4.65. The van der Waals surface area contributed by atoms with Crippen LogP contribution in [-0.2, 0) is 18.0 Å². The Morgan fingerprint density at radius 1 is 1.07 bits per heavy atom. The second-order valence-corrected chi connectivity index (χ2v) is 12.8. The van der Waals surface area contributed by atoms with Crippen molar-refractivity contribution in [3.8, 4) is 11.1 Å². The molecule has 4 heterocycles. The topological polar surface area (TPSA) is 73.6 Å². The summed E-state index contributed by atoms with van der Waals surface area (Å²) in [6, 6.07) is 3.80. The lowest BCUT2D eigenvalue weighted by Gasteiger charge is -2.45. The van der Waals surface area contributed by atoms with Gasteiger partial charge in [-0.15, -0.1) is 0 Å². The van der Waals surface area contributed by atoms with Crippen LogP contribution in [0, 0.1) is 12.7 Å². The molecule has 2 aliphatic heterocycles. The van der Waals surface area contributed by atoms with Crippen molar-refractivity contribution in [2.75, 3.05) is 50.1 Å². The van der Waals surface area contributed by atoms with Crippen molar-refractivity contribution in [1.29, 1.82) is 0 Å². The van der Waals surface area contributed by atoms with Crippen LogP contribution in [0.4, 0.5) is 29.3 Å². The predicted molar refractivity (Wildman–Crippen MR) is 172 cm³/mol. The fourth-order valence-electron chi connectivity index (χ4n) is 6.56. The van der Waals surface area contributed by atoms with Gasteiger partial charge in [0.25, 0.3) is 0 Å². The van der Waals surface area contributed by atoms with Crippen LogP contribution in [0.2, 0.25) is 5.15 Å². The van der Waals surface area contributed by atoms with E-state index < -0.39 is 23.1 Å². The van der Waals surface area contributed by atoms with E-state index in [4.69, 9.17) is 16.6 Å². The van der Waals surface area contributed by atoms with Gasteiger partial charge in [0.15, 0.2) is 11.0 Å². The van der Waals surface area contributed by atoms with Crippen LogP contribution in [0.25, 0.3) is 32.9 Å². The number of anilines is 2. The number of halogens is 5. The molecule has 2 aromatic carbocycles. The molecule has 0 N–H and O–H groups in total. The smallest absolute Gasteiger partial charge is 0.349 e. The zero-order chi connectivity index (χ0) is 33.4. The Morgan fingerprint density at radius 2 is 1.76 bits per heavy atom. The highest BCUT2D eigenvalue weighted by molar-refractivity contribution is 6.34. The van der Waals surface area contributed by atoms with Crippen LogP contribution >= 0.6 is 11.6 Å². The van der Waals surface area contributed by atoms with E-state index >= 15 is 17.6 Å². The van der Waals surface area contributed by atoms with Gasteiger partial charge >= 0.3 is 6.18 Å². The molecular formula is C32H35ClF4N8O. The van der Waals surface area contributed by atoms with E-state index in [9.17, 15) is 4.79 Å². The molecule has 0 spiro atoms. The summed E-state index contributed by atoms with van der Waals surface area (Å²) >= 11 is 6.32. The van der Waals surface area contributed by atoms with Gasteiger partial charge in [0.1, 0.15) is 11.3 Å². The Morgan fingerprint density at radius 3 is 2.39 bits per heavy atom. The molecule has 2 aliphatic rings. The van der Waals surface area contributed by atoms with Gasteiger partial charge in [-0.2, -0.15) is 23.3 Å². The minimum absolute atomic E-state index is 0.0444. The molecule has 1 amide bonds. The molecular weight excluding hydrogens is 624 g/mol. The third-order valence-electron chi connectivity index (χ3n) is 9.22. The molecule has 0 unspecified atom stereocenters. The summed E-state index contributed by atoms with van der Waals surface area (Å²) in [6.07, 6.45) is -3.69. The SMILES string of the molecule is C=CC(=O)N1C[C@H](C)N(c2nc(N3CC(N(C)C)C3)nc3c(F)c(-c4c(C)ccc5c(Cl)nn(C)c45)c(C(F)(F)F)cc23)C[C@H]1C. The number of aromatic nitrogens is 4. The Kier molecular flexibility index (Phi) is 7.91. The van der Waals surface area contributed by atoms with Crippen LogP contribution in [-0.4, -0.2) is 93.9 Å². The highest BCUT2D eigenvalue weighted by Crippen LogP contribution is 2.47. The van der Waals surface area contributed by atoms with Crippen molar-refractivity contribution in [2.24, 2.45) is 7.05 Å². The van der Waals surface area contributed by atoms with Gasteiger partial charge in [0, 0.05) is 73.3 Å². The first-order chi connectivity index (χ1) is 21.6. The maximum absolute atomic E-state index is 17.1. The second kappa shape index (κ2) is 11.4. The Balaban J connectivity index is 1.64. The number of piperazine rings is 1. The number of hydrogen-bond donors (Lipinski definition) is 0. The number of carbonyl (C=O) groups is 1. The molecule has 14 heteroatoms. The lowest BCUT2D eigenvalue weighted by atomic mass is 9.91. The second-order valence-electron chi connectivity index (χ2n) is 12.5. The van der Waals surface area contributed by atoms with E-state index in [2.05, 4.69) is 21.6 Å². The van der Waals surface area contributed by atoms with Crippen molar-refractivity contribution >= 4 is 51.1 Å². The van der Waals surface area contributed by atoms with Gasteiger partial charge in [-0.25, -0.2) is 9.37 Å². The number of carbonyl (C=O) groups excluding carboxylic acids is 1. The van der Waals surface area contributed by atoms with Crippen LogP contribution in [0.5, 0.6) is 0 Å². The third-order valence-corrected chi connectivity index (χ3v) is 9.49. The molecule has 46 heavy (non-hydrogen) atoms. The fourth-order valence-corrected chi connectivity index (χ4v) is 6.83. The lowest BCUT2D eigenvalue weighted by Crippen LogP contribution is -2.59. The molecule has 0 radical (unpaired) electrons. The minimum Gasteiger partial charge on any atom is -0.349 e. The van der Waals surface area contributed by atoms with Crippen molar-refractivity contribution in [1.82, 2.24) is 29.5 Å². The number of hydrogen-bond acceptors (Lipinski definition) is 7. The summed E-state index contributed by atoms with van der Waals surface area (Å²) in [6.45, 7) is 10.6. The van der Waals surface area contributed by atoms with E-state index in [0.29, 0.717) is 24.0 Å². The number of rotatable bonds is 5. The predicted octanol–water partition coefficient (Wildman–Crippen LogP) is 5.67. The van der Waals surface area contributed by atoms with Gasteiger partial charge in [-0.05, 0) is 58.6 Å². The number of fused-ring (bicyclic) bond motifs is 2. The Bertz CT molecular complexity index is 1880. The van der Waals surface area contributed by atoms with Crippen molar-refractivity contribution in [3.05, 3.63) is 53.0 Å². The zero-order valence-corrected chi connectivity index (χ0v) is 27.2. The fraction of sp³-hybridized carbons (Fsp3) is 0.438. The molecule has 244 valence electrons. The first-order valence-electron chi connectivity index (χ1n) is 15.0. The lowest BCUT2D eigenvalue weighted by molar-refractivity contribution is -0.137. The molecule has 2 atom stereocenters. The van der Waals surface area contributed by atoms with Crippen molar-refractivity contribution in [2.45, 2.75) is 45.1 Å². The number of nitrogens with zero attached hydrogens (tertiary/aromatic N) is 8. The van der Waals surface area contributed by atoms with Gasteiger partial charge in [-0.3, -0.25) is 9.48 Å². The third kappa shape index (κ3) is 5.13. The van der Waals surface area contributed by atoms with Crippen molar-refractivity contribution < 1.29 is 22.4 Å². The standard InChI is InChI=1S/C32H35ClF4N8O/c1-8-23(46)44-12-18(4)45(13-17(44)3)30-21-11-22(32(35,36)37)25(24-16(2)9-10-20-28(24)42(7)40-29(20)33)26(34)27(21)38-31(39-30)43-14-19(15-43)41(5)6/h8-11,17-19H,1,12-15H2,2-7H3/t17-,18+/m1/s1. The molecule has 2 fully saturated rings. The van der Waals surface area contributed by atoms with E-state index in [-0.39, 0.29) is 76.0 Å². The maximum Gasteiger partial charge on any atom is 0.417 e. The maximum atomic E-state index is 17.1. The number of aryl methyl sites for hydroxylation is 2. The molecule has 4 aromatic rings. The Hall–Kier alpha value is -3.97. The van der Waals surface area contributed by atoms with Crippen LogP contribution in [0.1, 0.15) is 25.0 Å². The molecule has 6 rings (SSSR count). The highest BCUT2D eigenvalue weighted by atomic mass is 35.5. The van der Waals surface area contributed by atoms with Gasteiger partial charge in [0.2, 0.25) is 11.9 Å². The largest absolute Gasteiger partial charge is 0.417 e. The van der Waals surface area contributed by atoms with Crippen LogP contribution in [0.15, 0.2) is 30.9 Å². The van der Waals surface area contributed by atoms with E-state index in [1.807, 2.05) is 37.7 Å². The normalized spacial score (nSPS) is 19.4. The van der Waals surface area contributed by atoms with Crippen LogP contribution in [0.3, 0.4) is 0 Å². The van der Waals surface area contributed by atoms with Gasteiger partial charge < -0.3 is 19.6 Å². The summed E-state index contributed by atoms with van der Waals surface area (Å²) in [7, 11) is 5.48. The average molecular weight is 659 g/mol. The monoisotopic (exact) mass is 658 g/mol. The first kappa shape index (κ1) is 32.0. The van der Waals surface area contributed by atoms with Crippen LogP contribution < -0.4 is 9.80 Å². The van der Waals surface area contributed by atoms with E-state index in [1.54, 1.807) is 31.0 Å². The summed E-state index contributed by atoms with van der Waals surface area (Å²) in [5.74, 6) is -0.924. The number of alkyl halides is 3. The number of benzene rings is 2. The summed E-state index contributed by atoms with van der Waals surface area (Å²) in [5.41, 5.74) is -1.23. The molecule has 0 saturated carbocycles. The summed E-state index contributed by atoms with van der Waals surface area (Å²) in [4.78, 5) is 29.4. The summed E-state index contributed by atoms with van der Waals surface area (Å²) < 4.78 is 63.6. The average Bonchev–Trinajstić information content (AvgIpc) is 3.25. The van der Waals surface area contributed by atoms with Gasteiger partial charge in [0.05, 0.1) is 11.1 Å². The number of amides is 1. The zero-order valence-electron chi connectivity index (χ0n) is 26.5. The van der Waals surface area contributed by atoms with Crippen molar-refractivity contribution in [3.63, 3.8) is 0 Å². The molecule has 2 saturated heterocycles. The van der Waals surface area contributed by atoms with Gasteiger partial charge in [-0.1, -0.05) is 24.2 Å². The minimum atomic E-state index is -4.93. The first-order valence-corrected chi connectivity index (χ1v) is 15.3. The molecule has 9 nitrogen and oxygen atoms in total. The quantitative estimate of drug-likeness (QED) is 0.202. The van der Waals surface area contributed by atoms with E-state index in [1.165, 1.54) is 10.8 Å². The molecule has 2 aromatic heterocycles. The molecule has 0 aliphatic carbocycles. The Labute approximate surface area is 269 Å². The van der Waals surface area contributed by atoms with E-state index in [0.717, 1.165) is 6.07 Å².